The second kappa shape index (κ2) is 10.1. The van der Waals surface area contributed by atoms with E-state index < -0.39 is 12.0 Å². The molecule has 0 aliphatic rings. The van der Waals surface area contributed by atoms with Crippen LogP contribution in [0.5, 0.6) is 0 Å². The standard InChI is InChI=1S/C27H26N8O3/c1-4-38-26(37)20-14-29-27(28)33-23(20)31-16(2)24-32-21-12-8-11-19(17-13-30-34(3)15-17)22(21)25(36)35(24)18-9-6-5-7-10-18/h5-16H,4H2,1-3H3,(H3,28,29,31,33). The van der Waals surface area contributed by atoms with E-state index in [0.717, 1.165) is 11.1 Å². The van der Waals surface area contributed by atoms with Crippen LogP contribution in [0.3, 0.4) is 0 Å². The number of ether oxygens (including phenoxy) is 1. The maximum absolute atomic E-state index is 14.2. The number of hydrogen-bond acceptors (Lipinski definition) is 9. The number of benzene rings is 2. The van der Waals surface area contributed by atoms with Crippen LogP contribution in [-0.4, -0.2) is 41.9 Å². The first-order valence-corrected chi connectivity index (χ1v) is 12.0. The summed E-state index contributed by atoms with van der Waals surface area (Å²) >= 11 is 0. The highest BCUT2D eigenvalue weighted by Gasteiger charge is 2.23. The van der Waals surface area contributed by atoms with Crippen molar-refractivity contribution in [2.45, 2.75) is 19.9 Å². The fourth-order valence-electron chi connectivity index (χ4n) is 4.30. The molecule has 38 heavy (non-hydrogen) atoms. The molecular weight excluding hydrogens is 484 g/mol. The van der Waals surface area contributed by atoms with Crippen LogP contribution < -0.4 is 16.6 Å². The third-order valence-electron chi connectivity index (χ3n) is 6.00. The molecule has 0 spiro atoms. The van der Waals surface area contributed by atoms with Gasteiger partial charge in [-0.1, -0.05) is 30.3 Å². The molecule has 0 aliphatic heterocycles. The maximum Gasteiger partial charge on any atom is 0.343 e. The fourth-order valence-corrected chi connectivity index (χ4v) is 4.30. The Bertz CT molecular complexity index is 1690. The normalized spacial score (nSPS) is 11.9. The minimum atomic E-state index is -0.588. The van der Waals surface area contributed by atoms with Gasteiger partial charge in [-0.3, -0.25) is 14.0 Å². The second-order valence-electron chi connectivity index (χ2n) is 8.63. The topological polar surface area (TPSA) is 143 Å². The van der Waals surface area contributed by atoms with Gasteiger partial charge in [0.2, 0.25) is 5.95 Å². The van der Waals surface area contributed by atoms with E-state index in [1.807, 2.05) is 62.6 Å². The first-order valence-electron chi connectivity index (χ1n) is 12.0. The number of esters is 1. The molecule has 0 fully saturated rings. The molecule has 5 rings (SSSR count). The molecule has 0 saturated heterocycles. The minimum absolute atomic E-state index is 0.0132. The van der Waals surface area contributed by atoms with Crippen LogP contribution in [0.1, 0.15) is 36.1 Å². The molecule has 2 aromatic carbocycles. The Morgan fingerprint density at radius 2 is 1.89 bits per heavy atom. The van der Waals surface area contributed by atoms with Crippen molar-refractivity contribution in [2.24, 2.45) is 7.05 Å². The van der Waals surface area contributed by atoms with Gasteiger partial charge in [0.25, 0.3) is 5.56 Å². The van der Waals surface area contributed by atoms with E-state index in [9.17, 15) is 9.59 Å². The number of nitrogens with two attached hydrogens (primary N) is 1. The third-order valence-corrected chi connectivity index (χ3v) is 6.00. The summed E-state index contributed by atoms with van der Waals surface area (Å²) < 4.78 is 8.40. The molecule has 1 atom stereocenters. The number of nitrogens with one attached hydrogen (secondary N) is 1. The third kappa shape index (κ3) is 4.57. The molecular formula is C27H26N8O3. The Morgan fingerprint density at radius 1 is 1.11 bits per heavy atom. The van der Waals surface area contributed by atoms with Gasteiger partial charge in [0.05, 0.1) is 35.4 Å². The molecule has 0 amide bonds. The number of carbonyl (C=O) groups excluding carboxylic acids is 1. The van der Waals surface area contributed by atoms with E-state index in [1.165, 1.54) is 6.20 Å². The Kier molecular flexibility index (Phi) is 6.56. The molecule has 5 aromatic rings. The van der Waals surface area contributed by atoms with E-state index in [1.54, 1.807) is 28.4 Å². The highest BCUT2D eigenvalue weighted by Crippen LogP contribution is 2.28. The number of hydrogen-bond donors (Lipinski definition) is 2. The summed E-state index contributed by atoms with van der Waals surface area (Å²) in [5.74, 6) is 0.00145. The van der Waals surface area contributed by atoms with Crippen molar-refractivity contribution in [3.05, 3.63) is 88.9 Å². The van der Waals surface area contributed by atoms with Gasteiger partial charge in [-0.2, -0.15) is 10.1 Å². The molecule has 0 radical (unpaired) electrons. The van der Waals surface area contributed by atoms with Gasteiger partial charge in [0.1, 0.15) is 17.2 Å². The zero-order chi connectivity index (χ0) is 26.8. The first-order chi connectivity index (χ1) is 18.4. The van der Waals surface area contributed by atoms with E-state index in [4.69, 9.17) is 15.5 Å². The molecule has 3 aromatic heterocycles. The zero-order valence-corrected chi connectivity index (χ0v) is 21.1. The summed E-state index contributed by atoms with van der Waals surface area (Å²) in [4.78, 5) is 39.8. The van der Waals surface area contributed by atoms with Crippen molar-refractivity contribution in [3.8, 4) is 16.8 Å². The molecule has 0 aliphatic carbocycles. The number of nitrogens with zero attached hydrogens (tertiary/aromatic N) is 6. The summed E-state index contributed by atoms with van der Waals surface area (Å²) in [6.07, 6.45) is 4.89. The molecule has 1 unspecified atom stereocenters. The van der Waals surface area contributed by atoms with Gasteiger partial charge >= 0.3 is 5.97 Å². The quantitative estimate of drug-likeness (QED) is 0.314. The van der Waals surface area contributed by atoms with Crippen LogP contribution in [0, 0.1) is 0 Å². The van der Waals surface area contributed by atoms with Crippen LogP contribution in [0.25, 0.3) is 27.7 Å². The van der Waals surface area contributed by atoms with Crippen molar-refractivity contribution in [3.63, 3.8) is 0 Å². The monoisotopic (exact) mass is 510 g/mol. The number of rotatable bonds is 7. The van der Waals surface area contributed by atoms with Gasteiger partial charge in [0, 0.05) is 25.0 Å². The molecule has 11 heteroatoms. The predicted molar refractivity (Wildman–Crippen MR) is 144 cm³/mol. The summed E-state index contributed by atoms with van der Waals surface area (Å²) in [5, 5.41) is 7.93. The number of aromatic nitrogens is 6. The fraction of sp³-hybridized carbons (Fsp3) is 0.185. The molecule has 11 nitrogen and oxygen atoms in total. The van der Waals surface area contributed by atoms with E-state index >= 15 is 0 Å². The number of carbonyl (C=O) groups is 1. The van der Waals surface area contributed by atoms with Crippen LogP contribution >= 0.6 is 0 Å². The van der Waals surface area contributed by atoms with Crippen molar-refractivity contribution >= 4 is 28.6 Å². The minimum Gasteiger partial charge on any atom is -0.462 e. The highest BCUT2D eigenvalue weighted by atomic mass is 16.5. The lowest BCUT2D eigenvalue weighted by molar-refractivity contribution is 0.0526. The summed E-state index contributed by atoms with van der Waals surface area (Å²) in [5.41, 5.74) is 8.42. The Morgan fingerprint density at radius 3 is 2.61 bits per heavy atom. The number of nitrogen functional groups attached to an aromatic ring is 1. The lowest BCUT2D eigenvalue weighted by Crippen LogP contribution is -2.28. The van der Waals surface area contributed by atoms with E-state index in [0.29, 0.717) is 22.4 Å². The summed E-state index contributed by atoms with van der Waals surface area (Å²) in [6, 6.07) is 14.2. The SMILES string of the molecule is CCOC(=O)c1cnc(N)nc1NC(C)c1nc2cccc(-c3cnn(C)c3)c2c(=O)n1-c1ccccc1. The number of fused-ring (bicyclic) bond motifs is 1. The highest BCUT2D eigenvalue weighted by molar-refractivity contribution is 5.95. The largest absolute Gasteiger partial charge is 0.462 e. The van der Waals surface area contributed by atoms with Crippen molar-refractivity contribution < 1.29 is 9.53 Å². The van der Waals surface area contributed by atoms with Crippen LogP contribution in [0.4, 0.5) is 11.8 Å². The Balaban J connectivity index is 1.70. The average molecular weight is 511 g/mol. The number of aryl methyl sites for hydroxylation is 1. The molecule has 3 N–H and O–H groups in total. The Hall–Kier alpha value is -5.06. The lowest BCUT2D eigenvalue weighted by Gasteiger charge is -2.21. The van der Waals surface area contributed by atoms with Gasteiger partial charge in [-0.15, -0.1) is 0 Å². The van der Waals surface area contributed by atoms with Crippen LogP contribution in [0.15, 0.2) is 71.9 Å². The smallest absolute Gasteiger partial charge is 0.343 e. The lowest BCUT2D eigenvalue weighted by atomic mass is 10.0. The maximum atomic E-state index is 14.2. The predicted octanol–water partition coefficient (Wildman–Crippen LogP) is 3.51. The van der Waals surface area contributed by atoms with Crippen LogP contribution in [-0.2, 0) is 11.8 Å². The van der Waals surface area contributed by atoms with Crippen molar-refractivity contribution in [2.75, 3.05) is 17.7 Å². The molecule has 192 valence electrons. The van der Waals surface area contributed by atoms with Gasteiger partial charge in [0.15, 0.2) is 0 Å². The summed E-state index contributed by atoms with van der Waals surface area (Å²) in [6.45, 7) is 3.73. The molecule has 3 heterocycles. The second-order valence-corrected chi connectivity index (χ2v) is 8.63. The zero-order valence-electron chi connectivity index (χ0n) is 21.1. The number of anilines is 2. The number of para-hydroxylation sites is 1. The Labute approximate surface area is 217 Å². The molecule has 0 bridgehead atoms. The van der Waals surface area contributed by atoms with Gasteiger partial charge in [-0.25, -0.2) is 14.8 Å². The molecule has 0 saturated carbocycles. The van der Waals surface area contributed by atoms with E-state index in [2.05, 4.69) is 20.4 Å². The first kappa shape index (κ1) is 24.6. The average Bonchev–Trinajstić information content (AvgIpc) is 3.35. The summed E-state index contributed by atoms with van der Waals surface area (Å²) in [7, 11) is 1.82. The van der Waals surface area contributed by atoms with Crippen molar-refractivity contribution in [1.82, 2.24) is 29.3 Å². The van der Waals surface area contributed by atoms with E-state index in [-0.39, 0.29) is 29.5 Å². The van der Waals surface area contributed by atoms with Gasteiger partial charge < -0.3 is 15.8 Å². The van der Waals surface area contributed by atoms with Crippen molar-refractivity contribution in [1.29, 1.82) is 0 Å². The van der Waals surface area contributed by atoms with Crippen LogP contribution in [0.2, 0.25) is 0 Å². The van der Waals surface area contributed by atoms with Gasteiger partial charge in [-0.05, 0) is 37.6 Å².